The van der Waals surface area contributed by atoms with Crippen molar-refractivity contribution in [3.63, 3.8) is 0 Å². The molecule has 0 bridgehead atoms. The highest BCUT2D eigenvalue weighted by atomic mass is 35.6. The minimum atomic E-state index is -1.35. The SMILES string of the molecule is C=C[Si](C)(C)C[Si](C)(C)Cl. The maximum Gasteiger partial charge on any atom is 0.148 e. The third-order valence-corrected chi connectivity index (χ3v) is 10.7. The highest BCUT2D eigenvalue weighted by molar-refractivity contribution is 7.23. The van der Waals surface area contributed by atoms with Crippen LogP contribution in [0, 0.1) is 0 Å². The normalized spacial score (nSPS) is 13.3. The summed E-state index contributed by atoms with van der Waals surface area (Å²) in [4.78, 5) is 0. The molecular weight excluding hydrogens is 176 g/mol. The van der Waals surface area contributed by atoms with E-state index < -0.39 is 15.5 Å². The molecule has 0 aliphatic carbocycles. The molecule has 0 aromatic rings. The fourth-order valence-electron chi connectivity index (χ4n) is 1.16. The van der Waals surface area contributed by atoms with Gasteiger partial charge in [0.1, 0.15) is 7.38 Å². The van der Waals surface area contributed by atoms with Gasteiger partial charge in [-0.25, -0.2) is 0 Å². The van der Waals surface area contributed by atoms with Gasteiger partial charge in [-0.2, -0.15) is 11.1 Å². The van der Waals surface area contributed by atoms with Crippen molar-refractivity contribution in [2.75, 3.05) is 0 Å². The largest absolute Gasteiger partial charge is 0.168 e. The summed E-state index contributed by atoms with van der Waals surface area (Å²) in [5.74, 6) is 0. The lowest BCUT2D eigenvalue weighted by atomic mass is 11.3. The quantitative estimate of drug-likeness (QED) is 0.475. The molecule has 0 heterocycles. The average Bonchev–Trinajstić information content (AvgIpc) is 1.60. The third kappa shape index (κ3) is 5.26. The summed E-state index contributed by atoms with van der Waals surface area (Å²) in [7, 11) is -2.47. The lowest BCUT2D eigenvalue weighted by molar-refractivity contribution is 1.61. The first-order chi connectivity index (χ1) is 4.27. The molecule has 0 unspecified atom stereocenters. The number of halogens is 1. The Hall–Kier alpha value is 0.464. The lowest BCUT2D eigenvalue weighted by Gasteiger charge is -2.23. The van der Waals surface area contributed by atoms with Crippen LogP contribution in [0.5, 0.6) is 0 Å². The minimum Gasteiger partial charge on any atom is -0.168 e. The molecule has 0 saturated carbocycles. The van der Waals surface area contributed by atoms with Gasteiger partial charge in [0, 0.05) is 0 Å². The maximum atomic E-state index is 6.22. The van der Waals surface area contributed by atoms with Crippen molar-refractivity contribution in [1.82, 2.24) is 0 Å². The number of hydrogen-bond acceptors (Lipinski definition) is 0. The number of rotatable bonds is 3. The summed E-state index contributed by atoms with van der Waals surface area (Å²) >= 11 is 6.22. The molecule has 0 rings (SSSR count). The van der Waals surface area contributed by atoms with Gasteiger partial charge in [-0.3, -0.25) is 0 Å². The fourth-order valence-corrected chi connectivity index (χ4v) is 13.5. The Bertz CT molecular complexity index is 124. The minimum absolute atomic E-state index is 1.12. The van der Waals surface area contributed by atoms with Gasteiger partial charge in [-0.15, -0.1) is 12.3 Å². The highest BCUT2D eigenvalue weighted by Crippen LogP contribution is 2.22. The Morgan fingerprint density at radius 2 is 1.70 bits per heavy atom. The molecule has 0 aliphatic rings. The molecule has 3 heteroatoms. The Kier molecular flexibility index (Phi) is 3.39. The Morgan fingerprint density at radius 1 is 1.30 bits per heavy atom. The Morgan fingerprint density at radius 3 is 1.80 bits per heavy atom. The van der Waals surface area contributed by atoms with Crippen molar-refractivity contribution in [1.29, 1.82) is 0 Å². The molecule has 60 valence electrons. The van der Waals surface area contributed by atoms with E-state index in [0.29, 0.717) is 0 Å². The van der Waals surface area contributed by atoms with Gasteiger partial charge in [0.05, 0.1) is 8.07 Å². The molecule has 0 fully saturated rings. The second-order valence-corrected chi connectivity index (χ2v) is 16.4. The van der Waals surface area contributed by atoms with Crippen LogP contribution in [0.4, 0.5) is 0 Å². The zero-order chi connectivity index (χ0) is 8.41. The van der Waals surface area contributed by atoms with E-state index in [1.165, 1.54) is 5.67 Å². The van der Waals surface area contributed by atoms with Crippen LogP contribution in [0.1, 0.15) is 0 Å². The van der Waals surface area contributed by atoms with Crippen molar-refractivity contribution in [3.05, 3.63) is 12.3 Å². The zero-order valence-corrected chi connectivity index (χ0v) is 10.1. The van der Waals surface area contributed by atoms with Gasteiger partial charge in [0.15, 0.2) is 0 Å². The topological polar surface area (TPSA) is 0 Å². The Balaban J connectivity index is 4.01. The van der Waals surface area contributed by atoms with Gasteiger partial charge in [0.2, 0.25) is 0 Å². The van der Waals surface area contributed by atoms with Crippen molar-refractivity contribution in [2.24, 2.45) is 0 Å². The molecule has 0 atom stereocenters. The fraction of sp³-hybridized carbons (Fsp3) is 0.714. The molecule has 0 N–H and O–H groups in total. The summed E-state index contributed by atoms with van der Waals surface area (Å²) in [5, 5.41) is 0. The lowest BCUT2D eigenvalue weighted by Crippen LogP contribution is -2.33. The highest BCUT2D eigenvalue weighted by Gasteiger charge is 2.27. The predicted molar refractivity (Wildman–Crippen MR) is 55.8 cm³/mol. The van der Waals surface area contributed by atoms with Crippen LogP contribution in [0.25, 0.3) is 0 Å². The first-order valence-corrected chi connectivity index (χ1v) is 11.1. The standard InChI is InChI=1S/C7H17ClSi2/c1-6-9(2,3)7-10(4,5)8/h6H,1,7H2,2-5H3. The van der Waals surface area contributed by atoms with Crippen molar-refractivity contribution in [3.8, 4) is 0 Å². The van der Waals surface area contributed by atoms with Gasteiger partial charge < -0.3 is 0 Å². The second-order valence-electron chi connectivity index (χ2n) is 4.09. The van der Waals surface area contributed by atoms with Crippen LogP contribution < -0.4 is 0 Å². The zero-order valence-electron chi connectivity index (χ0n) is 7.37. The first kappa shape index (κ1) is 10.5. The van der Waals surface area contributed by atoms with Crippen LogP contribution in [-0.2, 0) is 0 Å². The third-order valence-electron chi connectivity index (χ3n) is 1.43. The molecule has 0 aliphatic heterocycles. The van der Waals surface area contributed by atoms with Gasteiger partial charge in [0.25, 0.3) is 0 Å². The van der Waals surface area contributed by atoms with Gasteiger partial charge in [-0.1, -0.05) is 26.2 Å². The van der Waals surface area contributed by atoms with Crippen LogP contribution in [0.2, 0.25) is 31.9 Å². The van der Waals surface area contributed by atoms with Crippen molar-refractivity contribution >= 4 is 26.5 Å². The van der Waals surface area contributed by atoms with Crippen LogP contribution in [0.3, 0.4) is 0 Å². The molecule has 0 nitrogen and oxygen atoms in total. The average molecular weight is 193 g/mol. The van der Waals surface area contributed by atoms with E-state index in [9.17, 15) is 0 Å². The second kappa shape index (κ2) is 3.24. The van der Waals surface area contributed by atoms with Gasteiger partial charge >= 0.3 is 0 Å². The summed E-state index contributed by atoms with van der Waals surface area (Å²) in [5.41, 5.74) is 3.37. The molecule has 0 spiro atoms. The summed E-state index contributed by atoms with van der Waals surface area (Å²) in [6, 6.07) is 0. The summed E-state index contributed by atoms with van der Waals surface area (Å²) in [6.07, 6.45) is 0. The maximum absolute atomic E-state index is 6.22. The van der Waals surface area contributed by atoms with Crippen molar-refractivity contribution < 1.29 is 0 Å². The summed E-state index contributed by atoms with van der Waals surface area (Å²) in [6.45, 7) is 12.9. The molecular formula is C7H17ClSi2. The first-order valence-electron chi connectivity index (χ1n) is 3.59. The molecule has 0 radical (unpaired) electrons. The van der Waals surface area contributed by atoms with E-state index in [2.05, 4.69) is 38.5 Å². The van der Waals surface area contributed by atoms with E-state index in [4.69, 9.17) is 11.1 Å². The molecule has 0 aromatic carbocycles. The predicted octanol–water partition coefficient (Wildman–Crippen LogP) is 3.40. The summed E-state index contributed by atoms with van der Waals surface area (Å²) < 4.78 is 0. The van der Waals surface area contributed by atoms with E-state index in [0.717, 1.165) is 0 Å². The molecule has 0 aromatic heterocycles. The Labute approximate surface area is 71.0 Å². The molecule has 10 heavy (non-hydrogen) atoms. The molecule has 0 saturated heterocycles. The monoisotopic (exact) mass is 192 g/mol. The smallest absolute Gasteiger partial charge is 0.148 e. The van der Waals surface area contributed by atoms with E-state index in [1.807, 2.05) is 0 Å². The van der Waals surface area contributed by atoms with E-state index in [1.54, 1.807) is 0 Å². The number of hydrogen-bond donors (Lipinski definition) is 0. The van der Waals surface area contributed by atoms with Gasteiger partial charge in [-0.05, 0) is 5.67 Å². The van der Waals surface area contributed by atoms with Crippen LogP contribution >= 0.6 is 11.1 Å². The van der Waals surface area contributed by atoms with E-state index >= 15 is 0 Å². The van der Waals surface area contributed by atoms with Crippen LogP contribution in [-0.4, -0.2) is 15.5 Å². The van der Waals surface area contributed by atoms with Crippen LogP contribution in [0.15, 0.2) is 12.3 Å². The molecule has 0 amide bonds. The van der Waals surface area contributed by atoms with Crippen molar-refractivity contribution in [2.45, 2.75) is 31.9 Å². The van der Waals surface area contributed by atoms with E-state index in [-0.39, 0.29) is 0 Å².